The Bertz CT molecular complexity index is 2000. The van der Waals surface area contributed by atoms with Crippen molar-refractivity contribution < 1.29 is 13.9 Å². The molecule has 1 saturated carbocycles. The van der Waals surface area contributed by atoms with Gasteiger partial charge < -0.3 is 4.74 Å². The van der Waals surface area contributed by atoms with Gasteiger partial charge in [0.25, 0.3) is 5.56 Å². The minimum atomic E-state index is -0.644. The molecule has 10 heteroatoms. The molecule has 3 aromatic heterocycles. The van der Waals surface area contributed by atoms with E-state index in [0.717, 1.165) is 55.0 Å². The van der Waals surface area contributed by atoms with Crippen LogP contribution in [0.4, 0.5) is 4.39 Å². The quantitative estimate of drug-likeness (QED) is 0.123. The van der Waals surface area contributed by atoms with E-state index in [1.807, 2.05) is 32.2 Å². The zero-order valence-electron chi connectivity index (χ0n) is 27.1. The van der Waals surface area contributed by atoms with Crippen LogP contribution in [0.1, 0.15) is 72.7 Å². The van der Waals surface area contributed by atoms with Crippen LogP contribution in [0.2, 0.25) is 0 Å². The number of aromatic nitrogens is 5. The molecule has 0 amide bonds. The van der Waals surface area contributed by atoms with Crippen LogP contribution in [0.5, 0.6) is 0 Å². The number of Topliss-reactive ketones (excluding diaryl/α,β-unsaturated/α-hetero) is 1. The number of hydrogen-bond donors (Lipinski definition) is 0. The summed E-state index contributed by atoms with van der Waals surface area (Å²) < 4.78 is 24.0. The Balaban J connectivity index is 1.28. The summed E-state index contributed by atoms with van der Waals surface area (Å²) in [5.41, 5.74) is 4.13. The minimum Gasteiger partial charge on any atom is -0.385 e. The highest BCUT2D eigenvalue weighted by atomic mass is 19.1. The molecule has 6 rings (SSSR count). The highest BCUT2D eigenvalue weighted by Crippen LogP contribution is 2.34. The van der Waals surface area contributed by atoms with Gasteiger partial charge in [0, 0.05) is 38.9 Å². The van der Waals surface area contributed by atoms with Gasteiger partial charge in [0.2, 0.25) is 0 Å². The van der Waals surface area contributed by atoms with Crippen LogP contribution in [-0.2, 0) is 18.2 Å². The summed E-state index contributed by atoms with van der Waals surface area (Å²) in [6.45, 7) is 2.66. The number of ketones is 1. The van der Waals surface area contributed by atoms with E-state index >= 15 is 0 Å². The summed E-state index contributed by atoms with van der Waals surface area (Å²) >= 11 is 0. The Hall–Kier alpha value is -4.70. The van der Waals surface area contributed by atoms with Gasteiger partial charge in [-0.15, -0.1) is 0 Å². The first-order valence-corrected chi connectivity index (χ1v) is 16.3. The third kappa shape index (κ3) is 6.88. The van der Waals surface area contributed by atoms with Crippen LogP contribution in [0.3, 0.4) is 0 Å². The van der Waals surface area contributed by atoms with Crippen molar-refractivity contribution in [1.82, 2.24) is 23.9 Å². The molecule has 244 valence electrons. The zero-order valence-corrected chi connectivity index (χ0v) is 27.1. The van der Waals surface area contributed by atoms with Crippen molar-refractivity contribution in [3.63, 3.8) is 0 Å². The molecular weight excluding hydrogens is 597 g/mol. The zero-order chi connectivity index (χ0) is 33.1. The first kappa shape index (κ1) is 32.2. The van der Waals surface area contributed by atoms with Gasteiger partial charge in [0.15, 0.2) is 11.4 Å². The summed E-state index contributed by atoms with van der Waals surface area (Å²) in [5, 5.41) is 4.37. The Morgan fingerprint density at radius 3 is 2.45 bits per heavy atom. The maximum absolute atomic E-state index is 14.5. The van der Waals surface area contributed by atoms with Gasteiger partial charge in [0.05, 0.1) is 17.3 Å². The first-order valence-electron chi connectivity index (χ1n) is 16.3. The largest absolute Gasteiger partial charge is 0.385 e. The second-order valence-corrected chi connectivity index (χ2v) is 12.6. The van der Waals surface area contributed by atoms with Gasteiger partial charge in [-0.1, -0.05) is 36.4 Å². The topological polar surface area (TPSA) is 101 Å². The van der Waals surface area contributed by atoms with Gasteiger partial charge in [-0.25, -0.2) is 18.7 Å². The number of ether oxygens (including phenoxy) is 1. The summed E-state index contributed by atoms with van der Waals surface area (Å²) in [5.74, 6) is -0.512. The molecule has 1 aliphatic rings. The van der Waals surface area contributed by atoms with Crippen molar-refractivity contribution in [3.05, 3.63) is 110 Å². The number of unbranched alkanes of at least 4 members (excludes halogenated alkanes) is 1. The van der Waals surface area contributed by atoms with Crippen LogP contribution in [0.25, 0.3) is 27.8 Å². The number of benzene rings is 2. The molecule has 1 aliphatic carbocycles. The number of pyridine rings is 1. The van der Waals surface area contributed by atoms with E-state index in [4.69, 9.17) is 4.74 Å². The lowest BCUT2D eigenvalue weighted by Gasteiger charge is -2.29. The standard InChI is InChI=1S/C37H40FN5O4/c1-24-19-33(40-41(24)2)34(44)20-26-12-16-30(17-13-26)43-36(45)32-22-29(38)23-39-35(32)42(37(43)46)31-9-6-8-28(21-31)27-14-10-25(11-15-27)7-4-5-18-47-3/h6,8-11,14-15,19,21-23,26,30H,4-5,7,12-13,16-18,20H2,1-3H3. The molecule has 0 unspecified atom stereocenters. The van der Waals surface area contributed by atoms with Crippen LogP contribution in [0.15, 0.2) is 76.4 Å². The van der Waals surface area contributed by atoms with E-state index in [2.05, 4.69) is 34.3 Å². The second kappa shape index (κ2) is 14.0. The van der Waals surface area contributed by atoms with Crippen molar-refractivity contribution >= 4 is 16.8 Å². The van der Waals surface area contributed by atoms with E-state index < -0.39 is 17.1 Å². The number of carbonyl (C=O) groups excluding carboxylic acids is 1. The Kier molecular flexibility index (Phi) is 9.58. The molecule has 5 aromatic rings. The number of hydrogen-bond acceptors (Lipinski definition) is 6. The number of nitrogens with zero attached hydrogens (tertiary/aromatic N) is 5. The number of carbonyl (C=O) groups is 1. The number of methoxy groups -OCH3 is 1. The van der Waals surface area contributed by atoms with Crippen molar-refractivity contribution in [2.24, 2.45) is 13.0 Å². The van der Waals surface area contributed by atoms with Gasteiger partial charge in [-0.05, 0) is 98.7 Å². The molecule has 0 radical (unpaired) electrons. The fraction of sp³-hybridized carbons (Fsp3) is 0.378. The van der Waals surface area contributed by atoms with Gasteiger partial charge in [-0.3, -0.25) is 18.8 Å². The molecule has 3 heterocycles. The van der Waals surface area contributed by atoms with Crippen LogP contribution >= 0.6 is 0 Å². The molecule has 0 atom stereocenters. The molecule has 2 aromatic carbocycles. The molecule has 0 saturated heterocycles. The van der Waals surface area contributed by atoms with E-state index in [9.17, 15) is 18.8 Å². The lowest BCUT2D eigenvalue weighted by atomic mass is 9.82. The predicted octanol–water partition coefficient (Wildman–Crippen LogP) is 6.37. The monoisotopic (exact) mass is 637 g/mol. The third-order valence-electron chi connectivity index (χ3n) is 9.40. The van der Waals surface area contributed by atoms with Crippen molar-refractivity contribution in [1.29, 1.82) is 0 Å². The number of halogens is 1. The molecule has 0 aliphatic heterocycles. The van der Waals surface area contributed by atoms with Crippen LogP contribution in [-0.4, -0.2) is 43.4 Å². The van der Waals surface area contributed by atoms with Crippen molar-refractivity contribution in [2.75, 3.05) is 13.7 Å². The van der Waals surface area contributed by atoms with Crippen molar-refractivity contribution in [3.8, 4) is 16.8 Å². The Morgan fingerprint density at radius 2 is 1.74 bits per heavy atom. The van der Waals surface area contributed by atoms with Gasteiger partial charge in [0.1, 0.15) is 11.5 Å². The Morgan fingerprint density at radius 1 is 0.979 bits per heavy atom. The van der Waals surface area contributed by atoms with E-state index in [0.29, 0.717) is 43.5 Å². The van der Waals surface area contributed by atoms with E-state index in [-0.39, 0.29) is 28.8 Å². The highest BCUT2D eigenvalue weighted by Gasteiger charge is 2.29. The van der Waals surface area contributed by atoms with Gasteiger partial charge >= 0.3 is 5.69 Å². The number of aryl methyl sites for hydroxylation is 3. The average Bonchev–Trinajstić information content (AvgIpc) is 3.42. The lowest BCUT2D eigenvalue weighted by Crippen LogP contribution is -2.43. The van der Waals surface area contributed by atoms with Crippen molar-refractivity contribution in [2.45, 2.75) is 64.3 Å². The second-order valence-electron chi connectivity index (χ2n) is 12.6. The highest BCUT2D eigenvalue weighted by molar-refractivity contribution is 5.94. The van der Waals surface area contributed by atoms with E-state index in [1.165, 1.54) is 14.7 Å². The molecular formula is C37H40FN5O4. The summed E-state index contributed by atoms with van der Waals surface area (Å²) in [6, 6.07) is 18.5. The van der Waals surface area contributed by atoms with E-state index in [1.54, 1.807) is 23.9 Å². The smallest absolute Gasteiger partial charge is 0.337 e. The summed E-state index contributed by atoms with van der Waals surface area (Å²) in [7, 11) is 3.53. The summed E-state index contributed by atoms with van der Waals surface area (Å²) in [6.07, 6.45) is 6.91. The fourth-order valence-corrected chi connectivity index (χ4v) is 6.67. The average molecular weight is 638 g/mol. The van der Waals surface area contributed by atoms with Gasteiger partial charge in [-0.2, -0.15) is 5.10 Å². The third-order valence-corrected chi connectivity index (χ3v) is 9.40. The maximum Gasteiger partial charge on any atom is 0.337 e. The molecule has 0 spiro atoms. The maximum atomic E-state index is 14.5. The lowest BCUT2D eigenvalue weighted by molar-refractivity contribution is 0.0937. The SMILES string of the molecule is COCCCCc1ccc(-c2cccc(-n3c(=O)n(C4CCC(CC(=O)c5cc(C)n(C)n5)CC4)c(=O)c4cc(F)cnc43)c2)cc1. The molecule has 1 fully saturated rings. The molecule has 0 bridgehead atoms. The van der Waals surface area contributed by atoms with Crippen LogP contribution in [0, 0.1) is 18.7 Å². The normalized spacial score (nSPS) is 16.5. The minimum absolute atomic E-state index is 0.000486. The molecule has 0 N–H and O–H groups in total. The Labute approximate surface area is 272 Å². The predicted molar refractivity (Wildman–Crippen MR) is 180 cm³/mol. The van der Waals surface area contributed by atoms with Crippen LogP contribution < -0.4 is 11.2 Å². The number of fused-ring (bicyclic) bond motifs is 1. The number of rotatable bonds is 11. The fourth-order valence-electron chi connectivity index (χ4n) is 6.67. The summed E-state index contributed by atoms with van der Waals surface area (Å²) in [4.78, 5) is 45.1. The first-order chi connectivity index (χ1) is 22.7. The molecule has 47 heavy (non-hydrogen) atoms. The molecule has 9 nitrogen and oxygen atoms in total.